The first-order valence-corrected chi connectivity index (χ1v) is 13.9. The third-order valence-electron chi connectivity index (χ3n) is 7.57. The molecule has 1 aliphatic heterocycles. The molecule has 8 heteroatoms. The second-order valence-corrected chi connectivity index (χ2v) is 13.2. The van der Waals surface area contributed by atoms with Gasteiger partial charge in [0.05, 0.1) is 0 Å². The van der Waals surface area contributed by atoms with Gasteiger partial charge in [0.25, 0.3) is 0 Å². The number of ether oxygens (including phenoxy) is 1. The fourth-order valence-corrected chi connectivity index (χ4v) is 5.79. The maximum absolute atomic E-state index is 13.6. The lowest BCUT2D eigenvalue weighted by molar-refractivity contribution is -0.141. The van der Waals surface area contributed by atoms with Gasteiger partial charge in [-0.3, -0.25) is 9.59 Å². The highest BCUT2D eigenvalue weighted by molar-refractivity contribution is 6.30. The number of nitrogens with one attached hydrogen (secondary N) is 2. The van der Waals surface area contributed by atoms with Crippen LogP contribution in [0.25, 0.3) is 0 Å². The molecule has 1 saturated carbocycles. The maximum Gasteiger partial charge on any atom is 0.407 e. The third-order valence-corrected chi connectivity index (χ3v) is 7.82. The fraction of sp³-hybridized carbons (Fsp3) is 0.690. The van der Waals surface area contributed by atoms with E-state index in [-0.39, 0.29) is 35.1 Å². The van der Waals surface area contributed by atoms with E-state index in [4.69, 9.17) is 16.3 Å². The van der Waals surface area contributed by atoms with Crippen molar-refractivity contribution in [3.8, 4) is 0 Å². The highest BCUT2D eigenvalue weighted by atomic mass is 35.5. The Hall–Kier alpha value is -2.28. The summed E-state index contributed by atoms with van der Waals surface area (Å²) in [7, 11) is 0. The highest BCUT2D eigenvalue weighted by Crippen LogP contribution is 2.42. The smallest absolute Gasteiger partial charge is 0.407 e. The summed E-state index contributed by atoms with van der Waals surface area (Å²) in [5.74, 6) is -0.0798. The Morgan fingerprint density at radius 2 is 1.73 bits per heavy atom. The van der Waals surface area contributed by atoms with Gasteiger partial charge in [-0.25, -0.2) is 4.79 Å². The Morgan fingerprint density at radius 3 is 2.30 bits per heavy atom. The van der Waals surface area contributed by atoms with Crippen LogP contribution in [0.3, 0.4) is 0 Å². The van der Waals surface area contributed by atoms with Crippen LogP contribution in [-0.4, -0.2) is 53.6 Å². The zero-order valence-electron chi connectivity index (χ0n) is 23.4. The normalized spacial score (nSPS) is 24.5. The monoisotopic (exact) mass is 533 g/mol. The fourth-order valence-electron chi connectivity index (χ4n) is 5.66. The van der Waals surface area contributed by atoms with Crippen molar-refractivity contribution in [3.63, 3.8) is 0 Å². The lowest BCUT2D eigenvalue weighted by Crippen LogP contribution is -2.56. The van der Waals surface area contributed by atoms with Crippen LogP contribution in [0.5, 0.6) is 0 Å². The summed E-state index contributed by atoms with van der Waals surface area (Å²) in [6.45, 7) is 15.1. The third kappa shape index (κ3) is 7.86. The molecule has 206 valence electrons. The first-order chi connectivity index (χ1) is 17.2. The van der Waals surface area contributed by atoms with Crippen LogP contribution in [0.1, 0.15) is 85.6 Å². The summed E-state index contributed by atoms with van der Waals surface area (Å²) in [5, 5.41) is 6.65. The number of alkyl carbamates (subject to hydrolysis) is 1. The highest BCUT2D eigenvalue weighted by Gasteiger charge is 2.41. The standard InChI is InChI=1S/C29H44ClN3O4/c1-18(2)24(32-25(34)20-10-13-22(16-20)31-27(36)37-28(3,4)5)26(35)33-15-14-23(29(6,7)17-33)19-8-11-21(30)12-9-19/h8-9,11-12,18,20,22-24H,10,13-17H2,1-7H3,(H,31,36)(H,32,34)/t20-,22+,23?,24-/m1/s1. The second kappa shape index (κ2) is 11.6. The summed E-state index contributed by atoms with van der Waals surface area (Å²) in [4.78, 5) is 40.8. The van der Waals surface area contributed by atoms with Gasteiger partial charge in [-0.2, -0.15) is 0 Å². The second-order valence-electron chi connectivity index (χ2n) is 12.7. The van der Waals surface area contributed by atoms with E-state index in [0.717, 1.165) is 11.4 Å². The minimum absolute atomic E-state index is 0.0209. The number of piperidine rings is 1. The van der Waals surface area contributed by atoms with E-state index >= 15 is 0 Å². The number of halogens is 1. The van der Waals surface area contributed by atoms with Crippen LogP contribution in [0.4, 0.5) is 4.79 Å². The maximum atomic E-state index is 13.6. The summed E-state index contributed by atoms with van der Waals surface area (Å²) in [6, 6.07) is 7.32. The van der Waals surface area contributed by atoms with Crippen molar-refractivity contribution in [2.45, 2.75) is 97.8 Å². The molecule has 37 heavy (non-hydrogen) atoms. The Labute approximate surface area is 227 Å². The van der Waals surface area contributed by atoms with Gasteiger partial charge in [-0.15, -0.1) is 0 Å². The molecule has 7 nitrogen and oxygen atoms in total. The van der Waals surface area contributed by atoms with E-state index in [0.29, 0.717) is 38.3 Å². The van der Waals surface area contributed by atoms with Crippen LogP contribution < -0.4 is 10.6 Å². The molecule has 2 aliphatic rings. The van der Waals surface area contributed by atoms with Crippen molar-refractivity contribution >= 4 is 29.5 Å². The number of nitrogens with zero attached hydrogens (tertiary/aromatic N) is 1. The average molecular weight is 534 g/mol. The van der Waals surface area contributed by atoms with E-state index in [1.807, 2.05) is 51.7 Å². The molecule has 1 saturated heterocycles. The Kier molecular flexibility index (Phi) is 9.20. The topological polar surface area (TPSA) is 87.7 Å². The van der Waals surface area contributed by atoms with Gasteiger partial charge >= 0.3 is 6.09 Å². The number of amides is 3. The Balaban J connectivity index is 1.58. The molecule has 2 N–H and O–H groups in total. The van der Waals surface area contributed by atoms with Gasteiger partial charge in [0.15, 0.2) is 0 Å². The minimum Gasteiger partial charge on any atom is -0.444 e. The van der Waals surface area contributed by atoms with Gasteiger partial charge in [0.1, 0.15) is 11.6 Å². The van der Waals surface area contributed by atoms with Gasteiger partial charge < -0.3 is 20.3 Å². The van der Waals surface area contributed by atoms with Crippen LogP contribution in [0.15, 0.2) is 24.3 Å². The average Bonchev–Trinajstić information content (AvgIpc) is 3.24. The number of hydrogen-bond acceptors (Lipinski definition) is 4. The van der Waals surface area contributed by atoms with Crippen molar-refractivity contribution in [2.24, 2.45) is 17.3 Å². The number of rotatable bonds is 6. The van der Waals surface area contributed by atoms with Crippen LogP contribution >= 0.6 is 11.6 Å². The van der Waals surface area contributed by atoms with E-state index in [1.165, 1.54) is 5.56 Å². The lowest BCUT2D eigenvalue weighted by atomic mass is 9.70. The molecule has 1 aromatic carbocycles. The van der Waals surface area contributed by atoms with Crippen molar-refractivity contribution in [3.05, 3.63) is 34.9 Å². The largest absolute Gasteiger partial charge is 0.444 e. The number of carbonyl (C=O) groups is 3. The summed E-state index contributed by atoms with van der Waals surface area (Å²) in [6.07, 6.45) is 2.33. The predicted molar refractivity (Wildman–Crippen MR) is 146 cm³/mol. The summed E-state index contributed by atoms with van der Waals surface area (Å²) >= 11 is 6.08. The van der Waals surface area contributed by atoms with E-state index in [9.17, 15) is 14.4 Å². The summed E-state index contributed by atoms with van der Waals surface area (Å²) in [5.41, 5.74) is 0.563. The molecular formula is C29H44ClN3O4. The molecule has 0 spiro atoms. The quantitative estimate of drug-likeness (QED) is 0.504. The number of carbonyl (C=O) groups excluding carboxylic acids is 3. The first kappa shape index (κ1) is 29.3. The van der Waals surface area contributed by atoms with Crippen molar-refractivity contribution < 1.29 is 19.1 Å². The van der Waals surface area contributed by atoms with Gasteiger partial charge in [-0.05, 0) is 81.4 Å². The molecule has 1 aliphatic carbocycles. The number of hydrogen-bond donors (Lipinski definition) is 2. The molecule has 0 aromatic heterocycles. The molecule has 3 rings (SSSR count). The van der Waals surface area contributed by atoms with Crippen LogP contribution in [0, 0.1) is 17.3 Å². The zero-order chi connectivity index (χ0) is 27.5. The van der Waals surface area contributed by atoms with E-state index in [1.54, 1.807) is 0 Å². The Morgan fingerprint density at radius 1 is 1.08 bits per heavy atom. The Bertz CT molecular complexity index is 970. The van der Waals surface area contributed by atoms with E-state index in [2.05, 4.69) is 36.6 Å². The summed E-state index contributed by atoms with van der Waals surface area (Å²) < 4.78 is 5.34. The molecule has 1 unspecified atom stereocenters. The molecule has 0 radical (unpaired) electrons. The van der Waals surface area contributed by atoms with Gasteiger partial charge in [0, 0.05) is 30.1 Å². The molecular weight excluding hydrogens is 490 g/mol. The van der Waals surface area contributed by atoms with Crippen molar-refractivity contribution in [1.82, 2.24) is 15.5 Å². The number of likely N-dealkylation sites (tertiary alicyclic amines) is 1. The van der Waals surface area contributed by atoms with Crippen molar-refractivity contribution in [1.29, 1.82) is 0 Å². The molecule has 0 bridgehead atoms. The van der Waals surface area contributed by atoms with Crippen LogP contribution in [0.2, 0.25) is 5.02 Å². The minimum atomic E-state index is -0.576. The van der Waals surface area contributed by atoms with Crippen LogP contribution in [-0.2, 0) is 14.3 Å². The SMILES string of the molecule is CC(C)[C@@H](NC(=O)[C@@H]1CC[C@H](NC(=O)OC(C)(C)C)C1)C(=O)N1CCC(c2ccc(Cl)cc2)C(C)(C)C1. The lowest BCUT2D eigenvalue weighted by Gasteiger charge is -2.46. The van der Waals surface area contributed by atoms with Crippen molar-refractivity contribution in [2.75, 3.05) is 13.1 Å². The molecule has 1 aromatic rings. The molecule has 2 fully saturated rings. The predicted octanol–water partition coefficient (Wildman–Crippen LogP) is 5.52. The van der Waals surface area contributed by atoms with Gasteiger partial charge in [-0.1, -0.05) is 51.4 Å². The molecule has 1 heterocycles. The molecule has 3 amide bonds. The van der Waals surface area contributed by atoms with E-state index < -0.39 is 17.7 Å². The first-order valence-electron chi connectivity index (χ1n) is 13.5. The number of benzene rings is 1. The zero-order valence-corrected chi connectivity index (χ0v) is 24.2. The van der Waals surface area contributed by atoms with Gasteiger partial charge in [0.2, 0.25) is 11.8 Å². The molecule has 4 atom stereocenters.